The molecule has 16 nitrogen and oxygen atoms in total. The van der Waals surface area contributed by atoms with E-state index in [1.165, 1.54) is 19.6 Å². The smallest absolute Gasteiger partial charge is 0.259 e. The van der Waals surface area contributed by atoms with E-state index >= 15 is 0 Å². The van der Waals surface area contributed by atoms with Gasteiger partial charge in [-0.15, -0.1) is 11.8 Å². The number of likely N-dealkylation sites (tertiary alicyclic amines) is 4. The van der Waals surface area contributed by atoms with Crippen LogP contribution in [0.25, 0.3) is 0 Å². The molecule has 3 N–H and O–H groups in total. The largest absolute Gasteiger partial charge is 0.365 e. The molecule has 4 aliphatic heterocycles. The van der Waals surface area contributed by atoms with E-state index in [1.807, 2.05) is 111 Å². The van der Waals surface area contributed by atoms with Gasteiger partial charge in [-0.05, 0) is 88.3 Å². The third-order valence-electron chi connectivity index (χ3n) is 8.67. The molecule has 0 spiro atoms. The van der Waals surface area contributed by atoms with Crippen molar-refractivity contribution in [3.63, 3.8) is 0 Å². The monoisotopic (exact) mass is 826 g/mol. The van der Waals surface area contributed by atoms with Gasteiger partial charge in [0.05, 0.1) is 36.7 Å². The molecule has 4 saturated heterocycles. The van der Waals surface area contributed by atoms with Gasteiger partial charge in [-0.25, -0.2) is 5.43 Å². The van der Waals surface area contributed by atoms with E-state index in [2.05, 4.69) is 16.2 Å². The fourth-order valence-corrected chi connectivity index (χ4v) is 7.62. The highest BCUT2D eigenvalue weighted by Crippen LogP contribution is 2.29. The highest BCUT2D eigenvalue weighted by atomic mass is 32.2. The molecule has 4 atom stereocenters. The van der Waals surface area contributed by atoms with Gasteiger partial charge in [-0.2, -0.15) is 0 Å². The molecule has 4 fully saturated rings. The average molecular weight is 826 g/mol. The zero-order valence-electron chi connectivity index (χ0n) is 37.1. The number of thioether (sulfide) groups is 1. The van der Waals surface area contributed by atoms with Crippen molar-refractivity contribution in [2.75, 3.05) is 0 Å². The van der Waals surface area contributed by atoms with Gasteiger partial charge in [0.2, 0.25) is 41.4 Å². The van der Waals surface area contributed by atoms with Crippen molar-refractivity contribution in [2.24, 2.45) is 0 Å². The topological polar surface area (TPSA) is 195 Å². The van der Waals surface area contributed by atoms with E-state index in [9.17, 15) is 38.4 Å². The molecule has 0 aromatic carbocycles. The van der Waals surface area contributed by atoms with Gasteiger partial charge in [0.15, 0.2) is 0 Å². The molecule has 8 amide bonds. The number of nitrogens with zero attached hydrogens (tertiary/aromatic N) is 4. The van der Waals surface area contributed by atoms with Crippen LogP contribution in [0.3, 0.4) is 0 Å². The standard InChI is InChI=1S/C10H19N3O2.C10H18N2O2.C10H17NO3.C10H17NO2S/c1-6(2)11-12-8-5-9(14)13(7(3)4)10(8)15;1-6(2)11-8-5-9(13)12(7(3)4)10(8)14;2*1-6(2)11-9(12)5-8(10(11)13)14-7(3)4/h6-8,11-12H,5H2,1-4H3;6-8,11H,5H2,1-4H3;2*6-8H,5H2,1-4H3. The first-order valence-electron chi connectivity index (χ1n) is 20.2. The molecule has 0 radical (unpaired) electrons. The van der Waals surface area contributed by atoms with E-state index in [1.54, 1.807) is 11.8 Å². The lowest BCUT2D eigenvalue weighted by atomic mass is 10.2. The summed E-state index contributed by atoms with van der Waals surface area (Å²) in [5.41, 5.74) is 5.83. The van der Waals surface area contributed by atoms with Crippen LogP contribution in [0, 0.1) is 0 Å². The van der Waals surface area contributed by atoms with Gasteiger partial charge in [0.25, 0.3) is 5.91 Å². The molecule has 0 saturated carbocycles. The highest BCUT2D eigenvalue weighted by molar-refractivity contribution is 8.01. The molecular formula is C40H71N7O9S. The fourth-order valence-electron chi connectivity index (χ4n) is 6.50. The first-order chi connectivity index (χ1) is 26.2. The van der Waals surface area contributed by atoms with Crippen LogP contribution in [0.4, 0.5) is 0 Å². The Morgan fingerprint density at radius 3 is 1.23 bits per heavy atom. The molecule has 0 aromatic rings. The fraction of sp³-hybridized carbons (Fsp3) is 0.800. The van der Waals surface area contributed by atoms with E-state index in [4.69, 9.17) is 4.74 Å². The summed E-state index contributed by atoms with van der Waals surface area (Å²) in [6.07, 6.45) is 0.523. The molecule has 0 aliphatic carbocycles. The summed E-state index contributed by atoms with van der Waals surface area (Å²) in [7, 11) is 0. The normalized spacial score (nSPS) is 22.8. The van der Waals surface area contributed by atoms with Gasteiger partial charge in [-0.3, -0.25) is 63.4 Å². The van der Waals surface area contributed by atoms with Crippen molar-refractivity contribution in [3.8, 4) is 0 Å². The molecule has 57 heavy (non-hydrogen) atoms. The number of ether oxygens (including phenoxy) is 1. The first-order valence-corrected chi connectivity index (χ1v) is 21.2. The van der Waals surface area contributed by atoms with Crippen molar-refractivity contribution in [1.82, 2.24) is 35.8 Å². The van der Waals surface area contributed by atoms with Crippen LogP contribution >= 0.6 is 11.8 Å². The Balaban J connectivity index is 0.000000380. The Bertz CT molecular complexity index is 1310. The summed E-state index contributed by atoms with van der Waals surface area (Å²) >= 11 is 1.58. The zero-order valence-corrected chi connectivity index (χ0v) is 37.9. The average Bonchev–Trinajstić information content (AvgIpc) is 3.70. The molecule has 0 aromatic heterocycles. The van der Waals surface area contributed by atoms with Crippen LogP contribution < -0.4 is 16.2 Å². The van der Waals surface area contributed by atoms with Crippen molar-refractivity contribution in [1.29, 1.82) is 0 Å². The van der Waals surface area contributed by atoms with Crippen molar-refractivity contribution in [3.05, 3.63) is 0 Å². The molecule has 4 heterocycles. The summed E-state index contributed by atoms with van der Waals surface area (Å²) in [4.78, 5) is 98.3. The zero-order chi connectivity index (χ0) is 44.2. The summed E-state index contributed by atoms with van der Waals surface area (Å²) in [6, 6.07) is -0.439. The van der Waals surface area contributed by atoms with Crippen LogP contribution in [0.5, 0.6) is 0 Å². The Kier molecular flexibility index (Phi) is 21.2. The predicted octanol–water partition coefficient (Wildman–Crippen LogP) is 3.16. The van der Waals surface area contributed by atoms with Gasteiger partial charge in [-0.1, -0.05) is 27.7 Å². The molecule has 4 unspecified atom stereocenters. The number of nitrogens with one attached hydrogen (secondary N) is 3. The maximum atomic E-state index is 11.8. The van der Waals surface area contributed by atoms with Crippen LogP contribution in [-0.2, 0) is 43.1 Å². The highest BCUT2D eigenvalue weighted by Gasteiger charge is 2.43. The van der Waals surface area contributed by atoms with E-state index in [0.29, 0.717) is 18.1 Å². The van der Waals surface area contributed by atoms with Crippen LogP contribution in [0.1, 0.15) is 136 Å². The van der Waals surface area contributed by atoms with Crippen LogP contribution in [0.2, 0.25) is 0 Å². The minimum atomic E-state index is -0.565. The molecular weight excluding hydrogens is 755 g/mol. The lowest BCUT2D eigenvalue weighted by molar-refractivity contribution is -0.145. The molecule has 4 aliphatic rings. The summed E-state index contributed by atoms with van der Waals surface area (Å²) < 4.78 is 5.36. The predicted molar refractivity (Wildman–Crippen MR) is 220 cm³/mol. The second kappa shape index (κ2) is 23.4. The first kappa shape index (κ1) is 51.8. The maximum absolute atomic E-state index is 11.8. The second-order valence-corrected chi connectivity index (χ2v) is 18.6. The van der Waals surface area contributed by atoms with E-state index < -0.39 is 12.1 Å². The van der Waals surface area contributed by atoms with Crippen molar-refractivity contribution in [2.45, 2.75) is 208 Å². The quantitative estimate of drug-likeness (QED) is 0.181. The number of carbonyl (C=O) groups is 8. The summed E-state index contributed by atoms with van der Waals surface area (Å²) in [5, 5.41) is 3.34. The van der Waals surface area contributed by atoms with Gasteiger partial charge < -0.3 is 10.1 Å². The van der Waals surface area contributed by atoms with Crippen LogP contribution in [-0.4, -0.2) is 138 Å². The number of hydrazine groups is 1. The van der Waals surface area contributed by atoms with Gasteiger partial charge >= 0.3 is 0 Å². The third kappa shape index (κ3) is 15.5. The second-order valence-electron chi connectivity index (χ2n) is 16.8. The van der Waals surface area contributed by atoms with Crippen molar-refractivity contribution < 1.29 is 43.1 Å². The lowest BCUT2D eigenvalue weighted by Crippen LogP contribution is -2.49. The maximum Gasteiger partial charge on any atom is 0.259 e. The summed E-state index contributed by atoms with van der Waals surface area (Å²) in [6.45, 7) is 30.5. The number of hydrogen-bond acceptors (Lipinski definition) is 13. The third-order valence-corrected chi connectivity index (χ3v) is 9.91. The molecule has 326 valence electrons. The van der Waals surface area contributed by atoms with E-state index in [0.717, 1.165) is 0 Å². The van der Waals surface area contributed by atoms with Crippen LogP contribution in [0.15, 0.2) is 0 Å². The number of carbonyl (C=O) groups excluding carboxylic acids is 8. The number of amides is 8. The van der Waals surface area contributed by atoms with Gasteiger partial charge in [0.1, 0.15) is 12.1 Å². The number of imide groups is 4. The number of hydrogen-bond donors (Lipinski definition) is 3. The molecule has 4 rings (SSSR count). The Hall–Kier alpha value is -3.25. The Labute approximate surface area is 344 Å². The lowest BCUT2D eigenvalue weighted by Gasteiger charge is -2.19. The Morgan fingerprint density at radius 1 is 0.491 bits per heavy atom. The molecule has 0 bridgehead atoms. The minimum absolute atomic E-state index is 0.00670. The Morgan fingerprint density at radius 2 is 0.877 bits per heavy atom. The van der Waals surface area contributed by atoms with Crippen molar-refractivity contribution >= 4 is 59.0 Å². The molecule has 17 heteroatoms. The van der Waals surface area contributed by atoms with E-state index in [-0.39, 0.29) is 114 Å². The summed E-state index contributed by atoms with van der Waals surface area (Å²) in [5.74, 6) is -0.746. The minimum Gasteiger partial charge on any atom is -0.365 e. The number of rotatable bonds is 13. The SMILES string of the molecule is CC(C)NC1CC(=O)N(C(C)C)C1=O.CC(C)NNC1CC(=O)N(C(C)C)C1=O.CC(C)OC1CC(=O)N(C(C)C)C1=O.CC(C)SC1CC(=O)N(C(C)C)C1=O. The van der Waals surface area contributed by atoms with Gasteiger partial charge in [0, 0.05) is 42.7 Å².